The lowest BCUT2D eigenvalue weighted by Crippen LogP contribution is -2.42. The number of alkyl carbamates (subject to hydrolysis) is 1. The summed E-state index contributed by atoms with van der Waals surface area (Å²) in [5.41, 5.74) is -0.133. The monoisotopic (exact) mass is 533 g/mol. The Kier molecular flexibility index (Phi) is 11.7. The average molecular weight is 533 g/mol. The van der Waals surface area contributed by atoms with Crippen molar-refractivity contribution in [1.29, 1.82) is 0 Å². The molecule has 0 aliphatic carbocycles. The molecule has 1 aromatic rings. The summed E-state index contributed by atoms with van der Waals surface area (Å²) in [6.07, 6.45) is -3.62. The van der Waals surface area contributed by atoms with Crippen LogP contribution in [0.2, 0.25) is 0 Å². The summed E-state index contributed by atoms with van der Waals surface area (Å²) in [7, 11) is 1.54. The number of ether oxygens (including phenoxy) is 2. The minimum Gasteiger partial charge on any atom is -0.468 e. The van der Waals surface area contributed by atoms with Gasteiger partial charge in [-0.05, 0) is 26.8 Å². The zero-order chi connectivity index (χ0) is 21.2. The molecule has 3 N–H and O–H groups in total. The number of rotatable bonds is 7. The quantitative estimate of drug-likeness (QED) is 0.216. The topological polar surface area (TPSA) is 96.9 Å². The highest BCUT2D eigenvalue weighted by molar-refractivity contribution is 14.0. The average Bonchev–Trinajstić information content (AvgIpc) is 2.58. The maximum absolute atomic E-state index is 12.3. The highest BCUT2D eigenvalue weighted by atomic mass is 127. The number of alkyl halides is 3. The molecule has 12 heteroatoms. The molecule has 166 valence electrons. The lowest BCUT2D eigenvalue weighted by molar-refractivity contribution is -0.154. The van der Waals surface area contributed by atoms with Crippen LogP contribution in [0, 0.1) is 0 Å². The van der Waals surface area contributed by atoms with E-state index in [-0.39, 0.29) is 36.4 Å². The van der Waals surface area contributed by atoms with Crippen molar-refractivity contribution < 1.29 is 27.4 Å². The number of halogens is 4. The van der Waals surface area contributed by atoms with Crippen LogP contribution in [0.3, 0.4) is 0 Å². The standard InChI is InChI=1S/C17H26F3N5O3.HI/c1-16(2,3)28-15(26)24-9-8-23-14(21-4)25-10-12-6-5-7-22-13(12)27-11-17(18,19)20;/h5-7H,8-11H2,1-4H3,(H,24,26)(H2,21,23,25);1H. The summed E-state index contributed by atoms with van der Waals surface area (Å²) >= 11 is 0. The van der Waals surface area contributed by atoms with E-state index in [1.807, 2.05) is 0 Å². The van der Waals surface area contributed by atoms with Gasteiger partial charge in [-0.2, -0.15) is 13.2 Å². The van der Waals surface area contributed by atoms with E-state index in [9.17, 15) is 18.0 Å². The first kappa shape index (κ1) is 27.0. The van der Waals surface area contributed by atoms with Gasteiger partial charge in [-0.3, -0.25) is 4.99 Å². The number of pyridine rings is 1. The summed E-state index contributed by atoms with van der Waals surface area (Å²) in [6, 6.07) is 3.20. The Morgan fingerprint density at radius 2 is 1.83 bits per heavy atom. The van der Waals surface area contributed by atoms with E-state index in [0.29, 0.717) is 24.6 Å². The first-order valence-electron chi connectivity index (χ1n) is 8.55. The molecule has 0 saturated heterocycles. The fourth-order valence-corrected chi connectivity index (χ4v) is 1.90. The smallest absolute Gasteiger partial charge is 0.422 e. The SMILES string of the molecule is CN=C(NCCNC(=O)OC(C)(C)C)NCc1cccnc1OCC(F)(F)F.I. The van der Waals surface area contributed by atoms with Crippen LogP contribution in [-0.2, 0) is 11.3 Å². The van der Waals surface area contributed by atoms with Gasteiger partial charge >= 0.3 is 12.3 Å². The third kappa shape index (κ3) is 13.0. The van der Waals surface area contributed by atoms with Crippen LogP contribution < -0.4 is 20.7 Å². The van der Waals surface area contributed by atoms with Crippen molar-refractivity contribution in [2.24, 2.45) is 4.99 Å². The summed E-state index contributed by atoms with van der Waals surface area (Å²) in [5, 5.41) is 8.49. The molecule has 0 bridgehead atoms. The highest BCUT2D eigenvalue weighted by Crippen LogP contribution is 2.19. The molecule has 0 aliphatic rings. The fraction of sp³-hybridized carbons (Fsp3) is 0.588. The molecule has 0 fully saturated rings. The van der Waals surface area contributed by atoms with E-state index in [2.05, 4.69) is 25.9 Å². The predicted octanol–water partition coefficient (Wildman–Crippen LogP) is 2.83. The van der Waals surface area contributed by atoms with Crippen molar-refractivity contribution >= 4 is 36.0 Å². The second-order valence-electron chi connectivity index (χ2n) is 6.65. The van der Waals surface area contributed by atoms with Gasteiger partial charge in [0.25, 0.3) is 0 Å². The van der Waals surface area contributed by atoms with Crippen molar-refractivity contribution in [2.45, 2.75) is 39.1 Å². The van der Waals surface area contributed by atoms with Crippen LogP contribution in [0.1, 0.15) is 26.3 Å². The molecule has 1 rings (SSSR count). The third-order valence-electron chi connectivity index (χ3n) is 2.98. The number of carbonyl (C=O) groups excluding carboxylic acids is 1. The number of nitrogens with zero attached hydrogens (tertiary/aromatic N) is 2. The first-order chi connectivity index (χ1) is 13.0. The molecule has 0 radical (unpaired) electrons. The number of hydrogen-bond donors (Lipinski definition) is 3. The summed E-state index contributed by atoms with van der Waals surface area (Å²) in [4.78, 5) is 19.4. The second-order valence-corrected chi connectivity index (χ2v) is 6.65. The zero-order valence-electron chi connectivity index (χ0n) is 16.7. The molecular weight excluding hydrogens is 506 g/mol. The van der Waals surface area contributed by atoms with Crippen molar-refractivity contribution in [1.82, 2.24) is 20.9 Å². The summed E-state index contributed by atoms with van der Waals surface area (Å²) in [6.45, 7) is 4.69. The van der Waals surface area contributed by atoms with Gasteiger partial charge in [0.15, 0.2) is 12.6 Å². The molecule has 0 aromatic carbocycles. The predicted molar refractivity (Wildman–Crippen MR) is 114 cm³/mol. The number of carbonyl (C=O) groups is 1. The Labute approximate surface area is 185 Å². The highest BCUT2D eigenvalue weighted by Gasteiger charge is 2.29. The minimum absolute atomic E-state index is 0. The van der Waals surface area contributed by atoms with Crippen molar-refractivity contribution in [3.63, 3.8) is 0 Å². The lowest BCUT2D eigenvalue weighted by atomic mass is 10.2. The molecule has 0 saturated carbocycles. The van der Waals surface area contributed by atoms with Crippen LogP contribution in [0.25, 0.3) is 0 Å². The molecule has 1 aromatic heterocycles. The van der Waals surface area contributed by atoms with E-state index in [1.54, 1.807) is 40.0 Å². The van der Waals surface area contributed by atoms with Gasteiger partial charge in [0.05, 0.1) is 0 Å². The van der Waals surface area contributed by atoms with Crippen LogP contribution in [0.5, 0.6) is 5.88 Å². The Bertz CT molecular complexity index is 666. The van der Waals surface area contributed by atoms with Gasteiger partial charge in [0, 0.05) is 38.4 Å². The van der Waals surface area contributed by atoms with Gasteiger partial charge in [-0.1, -0.05) is 6.07 Å². The molecule has 0 spiro atoms. The third-order valence-corrected chi connectivity index (χ3v) is 2.98. The van der Waals surface area contributed by atoms with Crippen molar-refractivity contribution in [3.8, 4) is 5.88 Å². The van der Waals surface area contributed by atoms with Gasteiger partial charge in [0.2, 0.25) is 5.88 Å². The van der Waals surface area contributed by atoms with Crippen molar-refractivity contribution in [3.05, 3.63) is 23.9 Å². The van der Waals surface area contributed by atoms with Gasteiger partial charge in [-0.15, -0.1) is 24.0 Å². The van der Waals surface area contributed by atoms with Gasteiger partial charge in [0.1, 0.15) is 5.60 Å². The molecular formula is C17H27F3IN5O3. The van der Waals surface area contributed by atoms with Crippen molar-refractivity contribution in [2.75, 3.05) is 26.7 Å². The summed E-state index contributed by atoms with van der Waals surface area (Å²) in [5.74, 6) is 0.297. The number of hydrogen-bond acceptors (Lipinski definition) is 5. The van der Waals surface area contributed by atoms with Crippen LogP contribution in [0.15, 0.2) is 23.3 Å². The normalized spacial score (nSPS) is 11.9. The number of guanidine groups is 1. The van der Waals surface area contributed by atoms with E-state index in [4.69, 9.17) is 9.47 Å². The van der Waals surface area contributed by atoms with E-state index < -0.39 is 24.5 Å². The van der Waals surface area contributed by atoms with E-state index in [1.165, 1.54) is 6.20 Å². The molecule has 1 heterocycles. The molecule has 0 unspecified atom stereocenters. The number of aromatic nitrogens is 1. The van der Waals surface area contributed by atoms with E-state index >= 15 is 0 Å². The Hall–Kier alpha value is -1.99. The molecule has 0 atom stereocenters. The number of nitrogens with one attached hydrogen (secondary N) is 3. The van der Waals surface area contributed by atoms with Crippen LogP contribution >= 0.6 is 24.0 Å². The Morgan fingerprint density at radius 3 is 2.41 bits per heavy atom. The molecule has 29 heavy (non-hydrogen) atoms. The largest absolute Gasteiger partial charge is 0.468 e. The zero-order valence-corrected chi connectivity index (χ0v) is 19.1. The maximum atomic E-state index is 12.3. The Morgan fingerprint density at radius 1 is 1.17 bits per heavy atom. The molecule has 1 amide bonds. The summed E-state index contributed by atoms with van der Waals surface area (Å²) < 4.78 is 46.8. The van der Waals surface area contributed by atoms with Crippen LogP contribution in [-0.4, -0.2) is 55.6 Å². The first-order valence-corrected chi connectivity index (χ1v) is 8.55. The fourth-order valence-electron chi connectivity index (χ4n) is 1.90. The minimum atomic E-state index is -4.44. The second kappa shape index (κ2) is 12.5. The van der Waals surface area contributed by atoms with Gasteiger partial charge < -0.3 is 25.4 Å². The molecule has 8 nitrogen and oxygen atoms in total. The number of aliphatic imine (C=N–C) groups is 1. The number of amides is 1. The van der Waals surface area contributed by atoms with Gasteiger partial charge in [-0.25, -0.2) is 9.78 Å². The Balaban J connectivity index is 0.00000784. The lowest BCUT2D eigenvalue weighted by Gasteiger charge is -2.20. The van der Waals surface area contributed by atoms with Crippen LogP contribution in [0.4, 0.5) is 18.0 Å². The molecule has 0 aliphatic heterocycles. The van der Waals surface area contributed by atoms with E-state index in [0.717, 1.165) is 0 Å². The maximum Gasteiger partial charge on any atom is 0.422 e.